The number of nitrogens with zero attached hydrogens (tertiary/aromatic N) is 3. The molecule has 0 atom stereocenters. The van der Waals surface area contributed by atoms with Crippen LogP contribution in [0.2, 0.25) is 0 Å². The van der Waals surface area contributed by atoms with Crippen LogP contribution in [0.4, 0.5) is 5.69 Å². The summed E-state index contributed by atoms with van der Waals surface area (Å²) in [6.45, 7) is 0.724. The van der Waals surface area contributed by atoms with Gasteiger partial charge in [-0.15, -0.1) is 0 Å². The molecule has 0 unspecified atom stereocenters. The molecule has 0 bridgehead atoms. The number of carbonyl (C=O) groups excluding carboxylic acids is 1. The molecule has 4 nitrogen and oxygen atoms in total. The zero-order chi connectivity index (χ0) is 14.4. The first-order valence-electron chi connectivity index (χ1n) is 7.07. The van der Waals surface area contributed by atoms with E-state index in [-0.39, 0.29) is 5.91 Å². The maximum atomic E-state index is 12.8. The van der Waals surface area contributed by atoms with Crippen molar-refractivity contribution >= 4 is 22.6 Å². The first-order valence-corrected chi connectivity index (χ1v) is 7.07. The molecular weight excluding hydrogens is 262 g/mol. The normalized spacial score (nSPS) is 13.7. The van der Waals surface area contributed by atoms with Crippen molar-refractivity contribution in [2.75, 3.05) is 11.4 Å². The molecular formula is C17H15N3O. The Hall–Kier alpha value is -2.62. The highest BCUT2D eigenvalue weighted by Gasteiger charge is 2.28. The Kier molecular flexibility index (Phi) is 2.57. The van der Waals surface area contributed by atoms with Gasteiger partial charge in [-0.1, -0.05) is 30.3 Å². The van der Waals surface area contributed by atoms with E-state index in [0.717, 1.165) is 29.7 Å². The van der Waals surface area contributed by atoms with E-state index in [1.54, 1.807) is 0 Å². The van der Waals surface area contributed by atoms with E-state index in [2.05, 4.69) is 11.1 Å². The van der Waals surface area contributed by atoms with Gasteiger partial charge in [0.15, 0.2) is 5.82 Å². The van der Waals surface area contributed by atoms with Crippen molar-refractivity contribution in [2.24, 2.45) is 7.05 Å². The lowest BCUT2D eigenvalue weighted by Crippen LogP contribution is -2.31. The van der Waals surface area contributed by atoms with E-state index >= 15 is 0 Å². The highest BCUT2D eigenvalue weighted by atomic mass is 16.2. The second-order valence-electron chi connectivity index (χ2n) is 5.32. The first-order chi connectivity index (χ1) is 10.3. The maximum absolute atomic E-state index is 12.8. The van der Waals surface area contributed by atoms with Gasteiger partial charge in [0.05, 0.1) is 11.0 Å². The van der Waals surface area contributed by atoms with Gasteiger partial charge < -0.3 is 9.47 Å². The Balaban J connectivity index is 1.80. The molecule has 2 heterocycles. The van der Waals surface area contributed by atoms with Crippen LogP contribution in [-0.2, 0) is 13.5 Å². The quantitative estimate of drug-likeness (QED) is 0.686. The van der Waals surface area contributed by atoms with E-state index in [1.165, 1.54) is 5.56 Å². The number of para-hydroxylation sites is 3. The lowest BCUT2D eigenvalue weighted by atomic mass is 10.2. The van der Waals surface area contributed by atoms with Crippen LogP contribution >= 0.6 is 0 Å². The molecule has 0 spiro atoms. The van der Waals surface area contributed by atoms with E-state index in [9.17, 15) is 4.79 Å². The maximum Gasteiger partial charge on any atom is 0.294 e. The van der Waals surface area contributed by atoms with Gasteiger partial charge in [-0.3, -0.25) is 4.79 Å². The summed E-state index contributed by atoms with van der Waals surface area (Å²) < 4.78 is 1.87. The molecule has 0 fully saturated rings. The van der Waals surface area contributed by atoms with Gasteiger partial charge in [0, 0.05) is 19.3 Å². The minimum absolute atomic E-state index is 0.0290. The summed E-state index contributed by atoms with van der Waals surface area (Å²) in [5.41, 5.74) is 4.07. The Bertz CT molecular complexity index is 850. The summed E-state index contributed by atoms with van der Waals surface area (Å²) in [6.07, 6.45) is 0.909. The molecule has 21 heavy (non-hydrogen) atoms. The molecule has 1 aromatic heterocycles. The standard InChI is InChI=1S/C17H15N3O/c1-19-15-9-5-3-7-13(15)18-16(19)17(21)20-11-10-12-6-2-4-8-14(12)20/h2-9H,10-11H2,1H3. The van der Waals surface area contributed by atoms with Crippen molar-refractivity contribution in [1.82, 2.24) is 9.55 Å². The Labute approximate surface area is 122 Å². The molecule has 0 N–H and O–H groups in total. The lowest BCUT2D eigenvalue weighted by molar-refractivity contribution is 0.0977. The summed E-state index contributed by atoms with van der Waals surface area (Å²) in [7, 11) is 1.89. The van der Waals surface area contributed by atoms with Gasteiger partial charge in [-0.2, -0.15) is 0 Å². The second kappa shape index (κ2) is 4.45. The average Bonchev–Trinajstić information content (AvgIpc) is 3.09. The first kappa shape index (κ1) is 12.1. The molecule has 4 heteroatoms. The van der Waals surface area contributed by atoms with Crippen molar-refractivity contribution in [3.63, 3.8) is 0 Å². The van der Waals surface area contributed by atoms with Crippen LogP contribution in [0.3, 0.4) is 0 Å². The van der Waals surface area contributed by atoms with Crippen LogP contribution in [0.15, 0.2) is 48.5 Å². The van der Waals surface area contributed by atoms with Gasteiger partial charge in [-0.05, 0) is 30.2 Å². The second-order valence-corrected chi connectivity index (χ2v) is 5.32. The van der Waals surface area contributed by atoms with E-state index in [0.29, 0.717) is 5.82 Å². The molecule has 2 aromatic carbocycles. The van der Waals surface area contributed by atoms with Gasteiger partial charge >= 0.3 is 0 Å². The number of aryl methyl sites for hydroxylation is 1. The van der Waals surface area contributed by atoms with Gasteiger partial charge in [0.25, 0.3) is 5.91 Å². The van der Waals surface area contributed by atoms with E-state index in [1.807, 2.05) is 59.0 Å². The summed E-state index contributed by atoms with van der Waals surface area (Å²) in [5.74, 6) is 0.464. The molecule has 0 aliphatic carbocycles. The van der Waals surface area contributed by atoms with Crippen molar-refractivity contribution in [2.45, 2.75) is 6.42 Å². The molecule has 0 saturated heterocycles. The number of carbonyl (C=O) groups is 1. The fraction of sp³-hybridized carbons (Fsp3) is 0.176. The van der Waals surface area contributed by atoms with Crippen LogP contribution in [-0.4, -0.2) is 22.0 Å². The third-order valence-electron chi connectivity index (χ3n) is 4.11. The van der Waals surface area contributed by atoms with Crippen LogP contribution < -0.4 is 4.90 Å². The van der Waals surface area contributed by atoms with Crippen molar-refractivity contribution < 1.29 is 4.79 Å². The number of rotatable bonds is 1. The Morgan fingerprint density at radius 3 is 2.71 bits per heavy atom. The number of imidazole rings is 1. The lowest BCUT2D eigenvalue weighted by Gasteiger charge is -2.16. The highest BCUT2D eigenvalue weighted by molar-refractivity contribution is 6.06. The number of aromatic nitrogens is 2. The number of benzene rings is 2. The molecule has 4 rings (SSSR count). The third kappa shape index (κ3) is 1.76. The zero-order valence-corrected chi connectivity index (χ0v) is 11.8. The molecule has 3 aromatic rings. The number of hydrogen-bond donors (Lipinski definition) is 0. The third-order valence-corrected chi connectivity index (χ3v) is 4.11. The fourth-order valence-electron chi connectivity index (χ4n) is 3.01. The molecule has 0 saturated carbocycles. The van der Waals surface area contributed by atoms with Crippen molar-refractivity contribution in [1.29, 1.82) is 0 Å². The van der Waals surface area contributed by atoms with Gasteiger partial charge in [0.2, 0.25) is 0 Å². The zero-order valence-electron chi connectivity index (χ0n) is 11.8. The minimum atomic E-state index is -0.0290. The minimum Gasteiger partial charge on any atom is -0.323 e. The van der Waals surface area contributed by atoms with E-state index in [4.69, 9.17) is 0 Å². The van der Waals surface area contributed by atoms with Crippen molar-refractivity contribution in [3.8, 4) is 0 Å². The van der Waals surface area contributed by atoms with Crippen LogP contribution in [0.1, 0.15) is 16.2 Å². The number of amides is 1. The largest absolute Gasteiger partial charge is 0.323 e. The predicted octanol–water partition coefficient (Wildman–Crippen LogP) is 2.78. The van der Waals surface area contributed by atoms with Crippen LogP contribution in [0.5, 0.6) is 0 Å². The summed E-state index contributed by atoms with van der Waals surface area (Å²) in [5, 5.41) is 0. The Morgan fingerprint density at radius 1 is 1.10 bits per heavy atom. The fourth-order valence-corrected chi connectivity index (χ4v) is 3.01. The summed E-state index contributed by atoms with van der Waals surface area (Å²) in [6, 6.07) is 15.9. The monoisotopic (exact) mass is 277 g/mol. The number of anilines is 1. The van der Waals surface area contributed by atoms with E-state index < -0.39 is 0 Å². The smallest absolute Gasteiger partial charge is 0.294 e. The summed E-state index contributed by atoms with van der Waals surface area (Å²) >= 11 is 0. The molecule has 1 aliphatic heterocycles. The topological polar surface area (TPSA) is 38.1 Å². The number of hydrogen-bond acceptors (Lipinski definition) is 2. The average molecular weight is 277 g/mol. The van der Waals surface area contributed by atoms with Crippen LogP contribution in [0.25, 0.3) is 11.0 Å². The predicted molar refractivity (Wildman–Crippen MR) is 82.5 cm³/mol. The highest BCUT2D eigenvalue weighted by Crippen LogP contribution is 2.29. The van der Waals surface area contributed by atoms with Gasteiger partial charge in [0.1, 0.15) is 0 Å². The SMILES string of the molecule is Cn1c(C(=O)N2CCc3ccccc32)nc2ccccc21. The van der Waals surface area contributed by atoms with Crippen molar-refractivity contribution in [3.05, 3.63) is 59.9 Å². The van der Waals surface area contributed by atoms with Gasteiger partial charge in [-0.25, -0.2) is 4.98 Å². The Morgan fingerprint density at radius 2 is 1.86 bits per heavy atom. The van der Waals surface area contributed by atoms with Crippen LogP contribution in [0, 0.1) is 0 Å². The molecule has 104 valence electrons. The summed E-state index contributed by atoms with van der Waals surface area (Å²) in [4.78, 5) is 19.2. The number of fused-ring (bicyclic) bond motifs is 2. The molecule has 1 amide bonds. The molecule has 0 radical (unpaired) electrons. The molecule has 1 aliphatic rings.